The van der Waals surface area contributed by atoms with Crippen molar-refractivity contribution in [3.63, 3.8) is 0 Å². The first-order valence-electron chi connectivity index (χ1n) is 11.3. The molecule has 4 aromatic carbocycles. The average molecular weight is 539 g/mol. The number of aliphatic imine (C=N–C) groups is 2. The van der Waals surface area contributed by atoms with Gasteiger partial charge in [0.25, 0.3) is 0 Å². The Hall–Kier alpha value is -4.07. The Morgan fingerprint density at radius 3 is 1.24 bits per heavy atom. The molecular weight excluding hydrogens is 511 g/mol. The van der Waals surface area contributed by atoms with Crippen LogP contribution in [-0.2, 0) is 16.8 Å². The van der Waals surface area contributed by atoms with Gasteiger partial charge in [-0.3, -0.25) is 9.98 Å². The molecule has 0 aliphatic heterocycles. The number of rotatable bonds is 6. The Labute approximate surface area is 228 Å². The number of methoxy groups -OCH3 is 2. The van der Waals surface area contributed by atoms with Gasteiger partial charge in [-0.15, -0.1) is 0 Å². The molecule has 0 heterocycles. The zero-order chi connectivity index (χ0) is 25.9. The maximum absolute atomic E-state index is 11.9. The van der Waals surface area contributed by atoms with Crippen LogP contribution >= 0.6 is 0 Å². The molecule has 0 aliphatic carbocycles. The van der Waals surface area contributed by atoms with E-state index in [4.69, 9.17) is 9.47 Å². The molecule has 0 atom stereocenters. The molecule has 0 fully saturated rings. The molecule has 0 aromatic heterocycles. The topological polar surface area (TPSA) is 89.3 Å². The van der Waals surface area contributed by atoms with Crippen LogP contribution in [0.3, 0.4) is 0 Å². The average Bonchev–Trinajstić information content (AvgIpc) is 2.90. The molecule has 4 rings (SSSR count). The Morgan fingerprint density at radius 2 is 0.919 bits per heavy atom. The number of nitrogens with zero attached hydrogens (tertiary/aromatic N) is 2. The maximum Gasteiger partial charge on any atom is 2.00 e. The van der Waals surface area contributed by atoms with Gasteiger partial charge in [0.2, 0.25) is 0 Å². The van der Waals surface area contributed by atoms with E-state index in [-0.39, 0.29) is 28.3 Å². The smallest absolute Gasteiger partial charge is 0.870 e. The van der Waals surface area contributed by atoms with Gasteiger partial charge in [0.05, 0.1) is 25.6 Å². The van der Waals surface area contributed by atoms with Crippen molar-refractivity contribution < 1.29 is 36.5 Å². The fourth-order valence-corrected chi connectivity index (χ4v) is 3.14. The second kappa shape index (κ2) is 14.5. The minimum absolute atomic E-state index is 0. The monoisotopic (exact) mass is 539 g/mol. The first-order valence-corrected chi connectivity index (χ1v) is 11.3. The summed E-state index contributed by atoms with van der Waals surface area (Å²) in [5.41, 5.74) is 5.05. The second-order valence-corrected chi connectivity index (χ2v) is 7.94. The van der Waals surface area contributed by atoms with Gasteiger partial charge < -0.3 is 19.7 Å². The van der Waals surface area contributed by atoms with Crippen LogP contribution in [0.5, 0.6) is 23.0 Å². The first-order chi connectivity index (χ1) is 17.4. The SMILES string of the molecule is COc1cccc(C=Nc2ccc(C)cc2)c1[O-].COc1cccc(C=Nc2ccc(C)cc2)c1[O-].[Co+2]. The minimum Gasteiger partial charge on any atom is -0.870 e. The number of ether oxygens (including phenoxy) is 2. The van der Waals surface area contributed by atoms with Crippen LogP contribution < -0.4 is 19.7 Å². The molecule has 0 bridgehead atoms. The van der Waals surface area contributed by atoms with Crippen LogP contribution in [0.25, 0.3) is 0 Å². The summed E-state index contributed by atoms with van der Waals surface area (Å²) in [7, 11) is 2.97. The molecular formula is C30H28CoN2O4. The Morgan fingerprint density at radius 1 is 0.568 bits per heavy atom. The van der Waals surface area contributed by atoms with Crippen LogP contribution in [-0.4, -0.2) is 26.6 Å². The van der Waals surface area contributed by atoms with Crippen LogP contribution in [0.4, 0.5) is 11.4 Å². The molecule has 0 amide bonds. The van der Waals surface area contributed by atoms with Crippen molar-refractivity contribution in [1.29, 1.82) is 0 Å². The molecule has 0 spiro atoms. The first kappa shape index (κ1) is 29.2. The summed E-state index contributed by atoms with van der Waals surface area (Å²) >= 11 is 0. The van der Waals surface area contributed by atoms with Crippen molar-refractivity contribution in [3.8, 4) is 23.0 Å². The molecule has 0 aliphatic rings. The van der Waals surface area contributed by atoms with Gasteiger partial charge >= 0.3 is 16.8 Å². The summed E-state index contributed by atoms with van der Waals surface area (Å²) in [6, 6.07) is 25.9. The zero-order valence-electron chi connectivity index (χ0n) is 21.1. The number of hydrogen-bond donors (Lipinski definition) is 0. The summed E-state index contributed by atoms with van der Waals surface area (Å²) < 4.78 is 9.96. The predicted molar refractivity (Wildman–Crippen MR) is 142 cm³/mol. The van der Waals surface area contributed by atoms with Crippen molar-refractivity contribution in [2.24, 2.45) is 9.98 Å². The van der Waals surface area contributed by atoms with E-state index in [0.717, 1.165) is 11.4 Å². The third kappa shape index (κ3) is 8.52. The third-order valence-electron chi connectivity index (χ3n) is 5.23. The molecule has 0 N–H and O–H groups in total. The van der Waals surface area contributed by atoms with Gasteiger partial charge in [-0.1, -0.05) is 71.2 Å². The predicted octanol–water partition coefficient (Wildman–Crippen LogP) is 5.65. The van der Waals surface area contributed by atoms with Crippen LogP contribution in [0.2, 0.25) is 0 Å². The summed E-state index contributed by atoms with van der Waals surface area (Å²) in [6.07, 6.45) is 3.13. The second-order valence-electron chi connectivity index (χ2n) is 7.94. The number of hydrogen-bond acceptors (Lipinski definition) is 6. The van der Waals surface area contributed by atoms with Gasteiger partial charge in [0, 0.05) is 12.4 Å². The maximum atomic E-state index is 11.9. The molecule has 6 nitrogen and oxygen atoms in total. The van der Waals surface area contributed by atoms with Gasteiger partial charge in [-0.2, -0.15) is 0 Å². The molecule has 191 valence electrons. The van der Waals surface area contributed by atoms with Crippen LogP contribution in [0.1, 0.15) is 22.3 Å². The van der Waals surface area contributed by atoms with Crippen molar-refractivity contribution in [1.82, 2.24) is 0 Å². The van der Waals surface area contributed by atoms with Crippen LogP contribution in [0.15, 0.2) is 94.9 Å². The van der Waals surface area contributed by atoms with Gasteiger partial charge in [-0.05, 0) is 61.4 Å². The summed E-state index contributed by atoms with van der Waals surface area (Å²) in [4.78, 5) is 8.55. The zero-order valence-corrected chi connectivity index (χ0v) is 22.1. The van der Waals surface area contributed by atoms with E-state index in [2.05, 4.69) is 9.98 Å². The largest absolute Gasteiger partial charge is 2.00 e. The van der Waals surface area contributed by atoms with E-state index < -0.39 is 0 Å². The molecule has 4 aromatic rings. The third-order valence-corrected chi connectivity index (χ3v) is 5.23. The van der Waals surface area contributed by atoms with E-state index in [9.17, 15) is 10.2 Å². The molecule has 0 saturated heterocycles. The fourth-order valence-electron chi connectivity index (χ4n) is 3.14. The molecule has 1 radical (unpaired) electrons. The molecule has 7 heteroatoms. The van der Waals surface area contributed by atoms with E-state index >= 15 is 0 Å². The van der Waals surface area contributed by atoms with Crippen LogP contribution in [0, 0.1) is 13.8 Å². The Bertz CT molecular complexity index is 1230. The Kier molecular flexibility index (Phi) is 11.4. The standard InChI is InChI=1S/2C15H15NO2.Co/c2*1-11-6-8-13(9-7-11)16-10-12-4-3-5-14(18-2)15(12)17;/h2*3-10,17H,1-2H3;/q;;+2/p-2. The van der Waals surface area contributed by atoms with Crippen molar-refractivity contribution in [2.75, 3.05) is 14.2 Å². The summed E-state index contributed by atoms with van der Waals surface area (Å²) in [6.45, 7) is 4.04. The van der Waals surface area contributed by atoms with E-state index in [1.54, 1.807) is 48.8 Å². The molecule has 37 heavy (non-hydrogen) atoms. The van der Waals surface area contributed by atoms with Gasteiger partial charge in [-0.25, -0.2) is 0 Å². The molecule has 0 saturated carbocycles. The number of aryl methyl sites for hydroxylation is 2. The quantitative estimate of drug-likeness (QED) is 0.296. The fraction of sp³-hybridized carbons (Fsp3) is 0.133. The van der Waals surface area contributed by atoms with Gasteiger partial charge in [0.1, 0.15) is 11.5 Å². The molecule has 0 unspecified atom stereocenters. The van der Waals surface area contributed by atoms with Crippen molar-refractivity contribution in [3.05, 3.63) is 107 Å². The Balaban J connectivity index is 0.000000253. The van der Waals surface area contributed by atoms with E-state index in [1.165, 1.54) is 25.3 Å². The summed E-state index contributed by atoms with van der Waals surface area (Å²) in [5, 5.41) is 23.7. The van der Waals surface area contributed by atoms with E-state index in [0.29, 0.717) is 22.6 Å². The van der Waals surface area contributed by atoms with Crippen molar-refractivity contribution >= 4 is 23.8 Å². The normalized spacial score (nSPS) is 10.5. The van der Waals surface area contributed by atoms with E-state index in [1.807, 2.05) is 62.4 Å². The summed E-state index contributed by atoms with van der Waals surface area (Å²) in [5.74, 6) is 0.387. The minimum atomic E-state index is -0.143. The van der Waals surface area contributed by atoms with Gasteiger partial charge in [0.15, 0.2) is 0 Å². The number of benzene rings is 4. The number of para-hydroxylation sites is 2. The van der Waals surface area contributed by atoms with Crippen molar-refractivity contribution in [2.45, 2.75) is 13.8 Å².